The SMILES string of the molecule is O=C(O)C1CCn2cc(Cc3cccc(Cl)c3)nc2C1. The Labute approximate surface area is 122 Å². The van der Waals surface area contributed by atoms with Crippen molar-refractivity contribution >= 4 is 17.6 Å². The van der Waals surface area contributed by atoms with Crippen LogP contribution >= 0.6 is 11.6 Å². The maximum absolute atomic E-state index is 11.0. The highest BCUT2D eigenvalue weighted by atomic mass is 35.5. The van der Waals surface area contributed by atoms with Gasteiger partial charge in [0.05, 0.1) is 11.6 Å². The van der Waals surface area contributed by atoms with Crippen LogP contribution in [0.25, 0.3) is 0 Å². The van der Waals surface area contributed by atoms with Gasteiger partial charge in [-0.1, -0.05) is 23.7 Å². The predicted molar refractivity (Wildman–Crippen MR) is 75.9 cm³/mol. The van der Waals surface area contributed by atoms with Crippen molar-refractivity contribution in [2.24, 2.45) is 5.92 Å². The molecule has 1 aromatic carbocycles. The first-order chi connectivity index (χ1) is 9.61. The quantitative estimate of drug-likeness (QED) is 0.946. The molecule has 1 atom stereocenters. The molecule has 104 valence electrons. The number of carboxylic acid groups (broad SMARTS) is 1. The third-order valence-electron chi connectivity index (χ3n) is 3.68. The van der Waals surface area contributed by atoms with Crippen LogP contribution in [0.2, 0.25) is 5.02 Å². The molecule has 3 rings (SSSR count). The van der Waals surface area contributed by atoms with E-state index < -0.39 is 5.97 Å². The Morgan fingerprint density at radius 3 is 3.10 bits per heavy atom. The van der Waals surface area contributed by atoms with Crippen LogP contribution in [0.15, 0.2) is 30.5 Å². The van der Waals surface area contributed by atoms with E-state index in [0.717, 1.165) is 35.1 Å². The summed E-state index contributed by atoms with van der Waals surface area (Å²) in [5.41, 5.74) is 2.08. The molecule has 0 bridgehead atoms. The molecule has 0 saturated heterocycles. The number of hydrogen-bond donors (Lipinski definition) is 1. The highest BCUT2D eigenvalue weighted by molar-refractivity contribution is 6.30. The first kappa shape index (κ1) is 13.2. The zero-order chi connectivity index (χ0) is 14.1. The Morgan fingerprint density at radius 2 is 2.35 bits per heavy atom. The number of carbonyl (C=O) groups is 1. The van der Waals surface area contributed by atoms with Crippen molar-refractivity contribution in [2.75, 3.05) is 0 Å². The average molecular weight is 291 g/mol. The lowest BCUT2D eigenvalue weighted by atomic mass is 9.98. The fourth-order valence-corrected chi connectivity index (χ4v) is 2.85. The number of aryl methyl sites for hydroxylation is 1. The second kappa shape index (κ2) is 5.29. The fraction of sp³-hybridized carbons (Fsp3) is 0.333. The van der Waals surface area contributed by atoms with Crippen LogP contribution in [-0.2, 0) is 24.2 Å². The van der Waals surface area contributed by atoms with Crippen LogP contribution in [0.1, 0.15) is 23.5 Å². The van der Waals surface area contributed by atoms with E-state index in [1.165, 1.54) is 0 Å². The second-order valence-electron chi connectivity index (χ2n) is 5.18. The minimum absolute atomic E-state index is 0.302. The summed E-state index contributed by atoms with van der Waals surface area (Å²) < 4.78 is 2.07. The van der Waals surface area contributed by atoms with Crippen molar-refractivity contribution in [1.82, 2.24) is 9.55 Å². The molecular formula is C15H15ClN2O2. The summed E-state index contributed by atoms with van der Waals surface area (Å²) in [5.74, 6) is -0.153. The van der Waals surface area contributed by atoms with Gasteiger partial charge in [0.25, 0.3) is 0 Å². The third-order valence-corrected chi connectivity index (χ3v) is 3.92. The number of imidazole rings is 1. The van der Waals surface area contributed by atoms with Gasteiger partial charge in [-0.2, -0.15) is 0 Å². The molecular weight excluding hydrogens is 276 g/mol. The molecule has 5 heteroatoms. The van der Waals surface area contributed by atoms with E-state index in [0.29, 0.717) is 12.8 Å². The van der Waals surface area contributed by atoms with Crippen LogP contribution in [0.5, 0.6) is 0 Å². The molecule has 0 radical (unpaired) electrons. The number of benzene rings is 1. The molecule has 1 aromatic heterocycles. The number of hydrogen-bond acceptors (Lipinski definition) is 2. The summed E-state index contributed by atoms with van der Waals surface area (Å²) in [5, 5.41) is 9.80. The molecule has 0 amide bonds. The highest BCUT2D eigenvalue weighted by Gasteiger charge is 2.25. The summed E-state index contributed by atoms with van der Waals surface area (Å²) in [6.07, 6.45) is 3.94. The van der Waals surface area contributed by atoms with Crippen LogP contribution in [-0.4, -0.2) is 20.6 Å². The molecule has 2 aromatic rings. The molecule has 0 fully saturated rings. The maximum Gasteiger partial charge on any atom is 0.307 e. The van der Waals surface area contributed by atoms with Gasteiger partial charge in [-0.3, -0.25) is 4.79 Å². The molecule has 0 saturated carbocycles. The molecule has 2 heterocycles. The van der Waals surface area contributed by atoms with Gasteiger partial charge in [0.15, 0.2) is 0 Å². The number of halogens is 1. The largest absolute Gasteiger partial charge is 0.481 e. The van der Waals surface area contributed by atoms with Gasteiger partial charge in [-0.15, -0.1) is 0 Å². The van der Waals surface area contributed by atoms with Gasteiger partial charge in [0.2, 0.25) is 0 Å². The number of fused-ring (bicyclic) bond motifs is 1. The van der Waals surface area contributed by atoms with E-state index in [9.17, 15) is 4.79 Å². The van der Waals surface area contributed by atoms with Crippen molar-refractivity contribution in [2.45, 2.75) is 25.8 Å². The smallest absolute Gasteiger partial charge is 0.307 e. The van der Waals surface area contributed by atoms with Gasteiger partial charge in [-0.05, 0) is 24.1 Å². The molecule has 1 aliphatic heterocycles. The van der Waals surface area contributed by atoms with Crippen LogP contribution < -0.4 is 0 Å². The summed E-state index contributed by atoms with van der Waals surface area (Å²) in [6, 6.07) is 7.72. The number of carboxylic acids is 1. The Balaban J connectivity index is 1.79. The second-order valence-corrected chi connectivity index (χ2v) is 5.61. The van der Waals surface area contributed by atoms with Gasteiger partial charge in [0, 0.05) is 30.6 Å². The predicted octanol–water partition coefficient (Wildman–Crippen LogP) is 2.77. The molecule has 0 aliphatic carbocycles. The number of aliphatic carboxylic acids is 1. The van der Waals surface area contributed by atoms with E-state index in [1.54, 1.807) is 0 Å². The van der Waals surface area contributed by atoms with Crippen molar-refractivity contribution in [3.05, 3.63) is 52.6 Å². The Morgan fingerprint density at radius 1 is 1.50 bits per heavy atom. The Kier molecular flexibility index (Phi) is 3.49. The van der Waals surface area contributed by atoms with E-state index in [4.69, 9.17) is 16.7 Å². The molecule has 20 heavy (non-hydrogen) atoms. The van der Waals surface area contributed by atoms with E-state index >= 15 is 0 Å². The van der Waals surface area contributed by atoms with Crippen LogP contribution in [0.3, 0.4) is 0 Å². The summed E-state index contributed by atoms with van der Waals surface area (Å²) in [4.78, 5) is 15.6. The van der Waals surface area contributed by atoms with E-state index in [1.807, 2.05) is 30.5 Å². The molecule has 4 nitrogen and oxygen atoms in total. The Bertz CT molecular complexity index is 651. The topological polar surface area (TPSA) is 55.1 Å². The number of nitrogens with zero attached hydrogens (tertiary/aromatic N) is 2. The van der Waals surface area contributed by atoms with Gasteiger partial charge >= 0.3 is 5.97 Å². The minimum Gasteiger partial charge on any atom is -0.481 e. The van der Waals surface area contributed by atoms with Crippen molar-refractivity contribution in [3.63, 3.8) is 0 Å². The van der Waals surface area contributed by atoms with E-state index in [2.05, 4.69) is 9.55 Å². The minimum atomic E-state index is -0.726. The lowest BCUT2D eigenvalue weighted by Crippen LogP contribution is -2.25. The maximum atomic E-state index is 11.0. The number of aromatic nitrogens is 2. The first-order valence-corrected chi connectivity index (χ1v) is 7.02. The van der Waals surface area contributed by atoms with Crippen molar-refractivity contribution in [3.8, 4) is 0 Å². The fourth-order valence-electron chi connectivity index (χ4n) is 2.64. The standard InChI is InChI=1S/C15H15ClN2O2/c16-12-3-1-2-10(6-12)7-13-9-18-5-4-11(15(19)20)8-14(18)17-13/h1-3,6,9,11H,4-5,7-8H2,(H,19,20). The summed E-state index contributed by atoms with van der Waals surface area (Å²) >= 11 is 5.98. The van der Waals surface area contributed by atoms with Gasteiger partial charge in [0.1, 0.15) is 5.82 Å². The zero-order valence-electron chi connectivity index (χ0n) is 10.9. The highest BCUT2D eigenvalue weighted by Crippen LogP contribution is 2.22. The molecule has 1 N–H and O–H groups in total. The average Bonchev–Trinajstić information content (AvgIpc) is 2.79. The van der Waals surface area contributed by atoms with Crippen LogP contribution in [0.4, 0.5) is 0 Å². The molecule has 0 spiro atoms. The van der Waals surface area contributed by atoms with Gasteiger partial charge in [-0.25, -0.2) is 4.98 Å². The lowest BCUT2D eigenvalue weighted by Gasteiger charge is -2.19. The third kappa shape index (κ3) is 2.70. The molecule has 1 unspecified atom stereocenters. The normalized spacial score (nSPS) is 17.8. The number of rotatable bonds is 3. The van der Waals surface area contributed by atoms with Gasteiger partial charge < -0.3 is 9.67 Å². The monoisotopic (exact) mass is 290 g/mol. The summed E-state index contributed by atoms with van der Waals surface area (Å²) in [7, 11) is 0. The lowest BCUT2D eigenvalue weighted by molar-refractivity contribution is -0.142. The van der Waals surface area contributed by atoms with E-state index in [-0.39, 0.29) is 5.92 Å². The Hall–Kier alpha value is -1.81. The zero-order valence-corrected chi connectivity index (χ0v) is 11.7. The van der Waals surface area contributed by atoms with Crippen LogP contribution in [0, 0.1) is 5.92 Å². The first-order valence-electron chi connectivity index (χ1n) is 6.64. The summed E-state index contributed by atoms with van der Waals surface area (Å²) in [6.45, 7) is 0.731. The molecule has 1 aliphatic rings. The van der Waals surface area contributed by atoms with Crippen molar-refractivity contribution < 1.29 is 9.90 Å². The van der Waals surface area contributed by atoms with Crippen molar-refractivity contribution in [1.29, 1.82) is 0 Å².